The van der Waals surface area contributed by atoms with Crippen LogP contribution in [0.25, 0.3) is 11.0 Å². The summed E-state index contributed by atoms with van der Waals surface area (Å²) >= 11 is 0. The number of hydrogen-bond donors (Lipinski definition) is 1. The van der Waals surface area contributed by atoms with E-state index in [-0.39, 0.29) is 23.9 Å². The van der Waals surface area contributed by atoms with Gasteiger partial charge in [-0.15, -0.1) is 0 Å². The SMILES string of the molecule is CC(C)C(NC(=O)c1ccco1)c1nc2ccccc2n1C(C)C. The number of nitrogens with one attached hydrogen (secondary N) is 1. The van der Waals surface area contributed by atoms with Gasteiger partial charge in [0.25, 0.3) is 5.91 Å². The second-order valence-corrected chi connectivity index (χ2v) is 6.59. The summed E-state index contributed by atoms with van der Waals surface area (Å²) in [5.74, 6) is 1.16. The van der Waals surface area contributed by atoms with Crippen molar-refractivity contribution in [3.63, 3.8) is 0 Å². The predicted octanol–water partition coefficient (Wildman–Crippen LogP) is 4.34. The highest BCUT2D eigenvalue weighted by atomic mass is 16.3. The van der Waals surface area contributed by atoms with Gasteiger partial charge in [0.15, 0.2) is 5.76 Å². The normalized spacial score (nSPS) is 12.9. The lowest BCUT2D eigenvalue weighted by Crippen LogP contribution is -2.33. The van der Waals surface area contributed by atoms with Crippen molar-refractivity contribution in [2.45, 2.75) is 39.8 Å². The Labute approximate surface area is 141 Å². The molecule has 0 saturated carbocycles. The molecule has 0 aliphatic carbocycles. The van der Waals surface area contributed by atoms with E-state index in [0.29, 0.717) is 5.76 Å². The highest BCUT2D eigenvalue weighted by Crippen LogP contribution is 2.29. The molecule has 0 saturated heterocycles. The average molecular weight is 325 g/mol. The predicted molar refractivity (Wildman–Crippen MR) is 93.9 cm³/mol. The van der Waals surface area contributed by atoms with Gasteiger partial charge in [-0.1, -0.05) is 26.0 Å². The van der Waals surface area contributed by atoms with Crippen molar-refractivity contribution in [1.29, 1.82) is 0 Å². The number of para-hydroxylation sites is 2. The molecule has 1 aromatic carbocycles. The highest BCUT2D eigenvalue weighted by molar-refractivity contribution is 5.91. The average Bonchev–Trinajstić information content (AvgIpc) is 3.18. The number of nitrogens with zero attached hydrogens (tertiary/aromatic N) is 2. The summed E-state index contributed by atoms with van der Waals surface area (Å²) in [6.07, 6.45) is 1.50. The van der Waals surface area contributed by atoms with Crippen LogP contribution in [0.3, 0.4) is 0 Å². The molecule has 0 fully saturated rings. The number of hydrogen-bond acceptors (Lipinski definition) is 3. The Morgan fingerprint density at radius 1 is 1.12 bits per heavy atom. The van der Waals surface area contributed by atoms with Crippen LogP contribution in [0.5, 0.6) is 0 Å². The van der Waals surface area contributed by atoms with Crippen LogP contribution in [0.15, 0.2) is 47.1 Å². The van der Waals surface area contributed by atoms with Crippen LogP contribution in [0.1, 0.15) is 56.2 Å². The monoisotopic (exact) mass is 325 g/mol. The third-order valence-corrected chi connectivity index (χ3v) is 4.12. The first-order valence-corrected chi connectivity index (χ1v) is 8.30. The lowest BCUT2D eigenvalue weighted by Gasteiger charge is -2.24. The van der Waals surface area contributed by atoms with Gasteiger partial charge < -0.3 is 14.3 Å². The van der Waals surface area contributed by atoms with Crippen molar-refractivity contribution in [3.05, 3.63) is 54.2 Å². The van der Waals surface area contributed by atoms with E-state index in [1.54, 1.807) is 12.1 Å². The second-order valence-electron chi connectivity index (χ2n) is 6.59. The zero-order valence-electron chi connectivity index (χ0n) is 14.5. The van der Waals surface area contributed by atoms with Crippen LogP contribution in [0, 0.1) is 5.92 Å². The lowest BCUT2D eigenvalue weighted by atomic mass is 10.0. The number of carbonyl (C=O) groups excluding carboxylic acids is 1. The van der Waals surface area contributed by atoms with Gasteiger partial charge >= 0.3 is 0 Å². The maximum Gasteiger partial charge on any atom is 0.287 e. The highest BCUT2D eigenvalue weighted by Gasteiger charge is 2.27. The minimum Gasteiger partial charge on any atom is -0.459 e. The summed E-state index contributed by atoms with van der Waals surface area (Å²) < 4.78 is 7.41. The molecule has 1 N–H and O–H groups in total. The van der Waals surface area contributed by atoms with E-state index in [0.717, 1.165) is 16.9 Å². The summed E-state index contributed by atoms with van der Waals surface area (Å²) in [7, 11) is 0. The number of amides is 1. The molecule has 5 heteroatoms. The van der Waals surface area contributed by atoms with Crippen molar-refractivity contribution in [1.82, 2.24) is 14.9 Å². The fourth-order valence-electron chi connectivity index (χ4n) is 2.97. The van der Waals surface area contributed by atoms with Gasteiger partial charge in [-0.2, -0.15) is 0 Å². The smallest absolute Gasteiger partial charge is 0.287 e. The van der Waals surface area contributed by atoms with E-state index in [4.69, 9.17) is 9.40 Å². The first-order valence-electron chi connectivity index (χ1n) is 8.30. The Morgan fingerprint density at radius 2 is 1.88 bits per heavy atom. The number of rotatable bonds is 5. The molecule has 1 amide bonds. The van der Waals surface area contributed by atoms with Gasteiger partial charge in [0.2, 0.25) is 0 Å². The Morgan fingerprint density at radius 3 is 2.50 bits per heavy atom. The summed E-state index contributed by atoms with van der Waals surface area (Å²) in [6.45, 7) is 8.42. The maximum atomic E-state index is 12.4. The minimum atomic E-state index is -0.221. The number of aromatic nitrogens is 2. The molecular formula is C19H23N3O2. The lowest BCUT2D eigenvalue weighted by molar-refractivity contribution is 0.0893. The van der Waals surface area contributed by atoms with Crippen LogP contribution >= 0.6 is 0 Å². The number of imidazole rings is 1. The zero-order valence-corrected chi connectivity index (χ0v) is 14.5. The molecule has 0 radical (unpaired) electrons. The van der Waals surface area contributed by atoms with Crippen LogP contribution in [-0.4, -0.2) is 15.5 Å². The molecule has 0 spiro atoms. The third-order valence-electron chi connectivity index (χ3n) is 4.12. The Kier molecular flexibility index (Phi) is 4.42. The fourth-order valence-corrected chi connectivity index (χ4v) is 2.97. The van der Waals surface area contributed by atoms with Crippen molar-refractivity contribution >= 4 is 16.9 Å². The van der Waals surface area contributed by atoms with Crippen LogP contribution < -0.4 is 5.32 Å². The van der Waals surface area contributed by atoms with Crippen molar-refractivity contribution in [3.8, 4) is 0 Å². The summed E-state index contributed by atoms with van der Waals surface area (Å²) in [5, 5.41) is 3.08. The van der Waals surface area contributed by atoms with E-state index in [1.807, 2.05) is 18.2 Å². The van der Waals surface area contributed by atoms with Crippen LogP contribution in [0.2, 0.25) is 0 Å². The number of carbonyl (C=O) groups is 1. The molecule has 2 aromatic heterocycles. The largest absolute Gasteiger partial charge is 0.459 e. The topological polar surface area (TPSA) is 60.1 Å². The van der Waals surface area contributed by atoms with Crippen LogP contribution in [0.4, 0.5) is 0 Å². The third kappa shape index (κ3) is 2.94. The number of benzene rings is 1. The zero-order chi connectivity index (χ0) is 17.3. The summed E-state index contributed by atoms with van der Waals surface area (Å²) in [6, 6.07) is 11.5. The van der Waals surface area contributed by atoms with E-state index in [2.05, 4.69) is 43.6 Å². The van der Waals surface area contributed by atoms with E-state index in [1.165, 1.54) is 6.26 Å². The van der Waals surface area contributed by atoms with Gasteiger partial charge in [0, 0.05) is 6.04 Å². The standard InChI is InChI=1S/C19H23N3O2/c1-12(2)17(21-19(23)16-10-7-11-24-16)18-20-14-8-5-6-9-15(14)22(18)13(3)4/h5-13,17H,1-4H3,(H,21,23). The van der Waals surface area contributed by atoms with E-state index >= 15 is 0 Å². The molecule has 2 heterocycles. The van der Waals surface area contributed by atoms with Crippen molar-refractivity contribution in [2.24, 2.45) is 5.92 Å². The first-order chi connectivity index (χ1) is 11.5. The molecule has 0 bridgehead atoms. The Balaban J connectivity index is 2.04. The molecule has 3 aromatic rings. The van der Waals surface area contributed by atoms with Gasteiger partial charge in [-0.25, -0.2) is 4.98 Å². The summed E-state index contributed by atoms with van der Waals surface area (Å²) in [4.78, 5) is 17.3. The van der Waals surface area contributed by atoms with Crippen molar-refractivity contribution in [2.75, 3.05) is 0 Å². The Bertz CT molecular complexity index is 832. The first kappa shape index (κ1) is 16.3. The van der Waals surface area contributed by atoms with Gasteiger partial charge in [-0.05, 0) is 44.0 Å². The van der Waals surface area contributed by atoms with Crippen molar-refractivity contribution < 1.29 is 9.21 Å². The molecule has 1 atom stereocenters. The van der Waals surface area contributed by atoms with E-state index < -0.39 is 0 Å². The number of fused-ring (bicyclic) bond motifs is 1. The molecule has 0 aliphatic rings. The molecule has 24 heavy (non-hydrogen) atoms. The Hall–Kier alpha value is -2.56. The number of furan rings is 1. The van der Waals surface area contributed by atoms with E-state index in [9.17, 15) is 4.79 Å². The quantitative estimate of drug-likeness (QED) is 0.759. The molecule has 0 aliphatic heterocycles. The van der Waals surface area contributed by atoms with Crippen LogP contribution in [-0.2, 0) is 0 Å². The molecule has 3 rings (SSSR count). The van der Waals surface area contributed by atoms with Gasteiger partial charge in [-0.3, -0.25) is 4.79 Å². The summed E-state index contributed by atoms with van der Waals surface area (Å²) in [5.41, 5.74) is 2.03. The van der Waals surface area contributed by atoms with Gasteiger partial charge in [0.1, 0.15) is 5.82 Å². The maximum absolute atomic E-state index is 12.4. The molecule has 126 valence electrons. The minimum absolute atomic E-state index is 0.193. The van der Waals surface area contributed by atoms with Gasteiger partial charge in [0.05, 0.1) is 23.3 Å². The fraction of sp³-hybridized carbons (Fsp3) is 0.368. The molecular weight excluding hydrogens is 302 g/mol. The second kappa shape index (κ2) is 6.51. The molecule has 1 unspecified atom stereocenters. The molecule has 5 nitrogen and oxygen atoms in total.